The fraction of sp³-hybridized carbons (Fsp3) is 0.273. The largest absolute Gasteiger partial charge is 0.399 e. The molecule has 4 nitrogen and oxygen atoms in total. The molecule has 16 heavy (non-hydrogen) atoms. The quantitative estimate of drug-likeness (QED) is 0.799. The van der Waals surface area contributed by atoms with Crippen LogP contribution in [-0.2, 0) is 15.6 Å². The molecule has 5 heteroatoms. The van der Waals surface area contributed by atoms with Gasteiger partial charge in [0.1, 0.15) is 0 Å². The van der Waals surface area contributed by atoms with Crippen LogP contribution in [0.5, 0.6) is 0 Å². The molecular formula is C11H14N2O2S. The van der Waals surface area contributed by atoms with Gasteiger partial charge in [0.25, 0.3) is 0 Å². The van der Waals surface area contributed by atoms with Crippen molar-refractivity contribution < 1.29 is 8.42 Å². The maximum absolute atomic E-state index is 11.6. The second-order valence-electron chi connectivity index (χ2n) is 3.80. The summed E-state index contributed by atoms with van der Waals surface area (Å²) < 4.78 is 23.1. The van der Waals surface area contributed by atoms with Gasteiger partial charge < -0.3 is 10.7 Å². The lowest BCUT2D eigenvalue weighted by Gasteiger charge is -2.00. The number of benzene rings is 1. The molecule has 0 spiro atoms. The van der Waals surface area contributed by atoms with Gasteiger partial charge in [-0.05, 0) is 23.8 Å². The molecule has 0 aliphatic carbocycles. The second kappa shape index (κ2) is 3.83. The van der Waals surface area contributed by atoms with Gasteiger partial charge in [-0.2, -0.15) is 0 Å². The number of hydrogen-bond acceptors (Lipinski definition) is 3. The summed E-state index contributed by atoms with van der Waals surface area (Å²) in [6.45, 7) is 1.65. The normalized spacial score (nSPS) is 12.1. The highest BCUT2D eigenvalue weighted by molar-refractivity contribution is 7.90. The Kier molecular flexibility index (Phi) is 2.63. The Morgan fingerprint density at radius 1 is 1.38 bits per heavy atom. The zero-order valence-electron chi connectivity index (χ0n) is 9.03. The molecular weight excluding hydrogens is 224 g/mol. The third kappa shape index (κ3) is 2.04. The van der Waals surface area contributed by atoms with Crippen LogP contribution >= 0.6 is 0 Å². The Labute approximate surface area is 94.4 Å². The Balaban J connectivity index is 2.50. The Bertz CT molecular complexity index is 614. The van der Waals surface area contributed by atoms with Crippen molar-refractivity contribution in [3.63, 3.8) is 0 Å². The minimum Gasteiger partial charge on any atom is -0.399 e. The van der Waals surface area contributed by atoms with Crippen molar-refractivity contribution in [1.82, 2.24) is 4.98 Å². The standard InChI is InChI=1S/C11H14N2O2S/c1-2-16(14,15)7-8-6-13-11-4-3-9(12)5-10(8)11/h3-6,13H,2,7,12H2,1H3. The monoisotopic (exact) mass is 238 g/mol. The smallest absolute Gasteiger partial charge is 0.154 e. The number of sulfone groups is 1. The van der Waals surface area contributed by atoms with Gasteiger partial charge in [-0.15, -0.1) is 0 Å². The predicted octanol–water partition coefficient (Wildman–Crippen LogP) is 1.68. The summed E-state index contributed by atoms with van der Waals surface area (Å²) in [5, 5.41) is 0.886. The number of rotatable bonds is 3. The van der Waals surface area contributed by atoms with Crippen LogP contribution < -0.4 is 5.73 Å². The summed E-state index contributed by atoms with van der Waals surface area (Å²) in [7, 11) is -3.01. The molecule has 0 aliphatic rings. The molecule has 1 aromatic heterocycles. The molecule has 0 aliphatic heterocycles. The number of nitrogens with one attached hydrogen (secondary N) is 1. The van der Waals surface area contributed by atoms with Crippen LogP contribution in [0.25, 0.3) is 10.9 Å². The van der Waals surface area contributed by atoms with Crippen molar-refractivity contribution in [2.45, 2.75) is 12.7 Å². The number of nitrogen functional groups attached to an aromatic ring is 1. The molecule has 0 fully saturated rings. The maximum atomic E-state index is 11.6. The van der Waals surface area contributed by atoms with Crippen LogP contribution in [0.2, 0.25) is 0 Å². The molecule has 0 atom stereocenters. The van der Waals surface area contributed by atoms with Crippen molar-refractivity contribution in [3.8, 4) is 0 Å². The second-order valence-corrected chi connectivity index (χ2v) is 6.15. The van der Waals surface area contributed by atoms with E-state index in [0.717, 1.165) is 16.5 Å². The van der Waals surface area contributed by atoms with Crippen molar-refractivity contribution in [1.29, 1.82) is 0 Å². The van der Waals surface area contributed by atoms with E-state index in [4.69, 9.17) is 5.73 Å². The van der Waals surface area contributed by atoms with Gasteiger partial charge in [-0.25, -0.2) is 8.42 Å². The minimum atomic E-state index is -3.01. The fourth-order valence-corrected chi connectivity index (χ4v) is 2.57. The highest BCUT2D eigenvalue weighted by atomic mass is 32.2. The molecule has 0 unspecified atom stereocenters. The van der Waals surface area contributed by atoms with E-state index >= 15 is 0 Å². The lowest BCUT2D eigenvalue weighted by molar-refractivity contribution is 0.596. The molecule has 2 aromatic rings. The number of nitrogens with two attached hydrogens (primary N) is 1. The molecule has 86 valence electrons. The van der Waals surface area contributed by atoms with E-state index in [9.17, 15) is 8.42 Å². The van der Waals surface area contributed by atoms with Gasteiger partial charge in [0.15, 0.2) is 9.84 Å². The van der Waals surface area contributed by atoms with Crippen molar-refractivity contribution in [3.05, 3.63) is 30.0 Å². The van der Waals surface area contributed by atoms with Gasteiger partial charge in [0.2, 0.25) is 0 Å². The Morgan fingerprint density at radius 2 is 2.12 bits per heavy atom. The number of H-pyrrole nitrogens is 1. The molecule has 0 saturated heterocycles. The maximum Gasteiger partial charge on any atom is 0.154 e. The molecule has 2 rings (SSSR count). The summed E-state index contributed by atoms with van der Waals surface area (Å²) in [5.41, 5.74) is 8.02. The van der Waals surface area contributed by atoms with E-state index in [1.165, 1.54) is 0 Å². The Morgan fingerprint density at radius 3 is 2.81 bits per heavy atom. The van der Waals surface area contributed by atoms with Crippen molar-refractivity contribution >= 4 is 26.4 Å². The number of hydrogen-bond donors (Lipinski definition) is 2. The molecule has 0 saturated carbocycles. The lowest BCUT2D eigenvalue weighted by atomic mass is 10.2. The first-order chi connectivity index (χ1) is 7.52. The highest BCUT2D eigenvalue weighted by Gasteiger charge is 2.12. The summed E-state index contributed by atoms with van der Waals surface area (Å²) >= 11 is 0. The van der Waals surface area contributed by atoms with E-state index in [2.05, 4.69) is 4.98 Å². The highest BCUT2D eigenvalue weighted by Crippen LogP contribution is 2.22. The van der Waals surface area contributed by atoms with Crippen LogP contribution in [0.3, 0.4) is 0 Å². The van der Waals surface area contributed by atoms with E-state index in [1.54, 1.807) is 25.3 Å². The number of aromatic amines is 1. The average Bonchev–Trinajstić information content (AvgIpc) is 2.61. The van der Waals surface area contributed by atoms with Crippen LogP contribution in [0.1, 0.15) is 12.5 Å². The number of fused-ring (bicyclic) bond motifs is 1. The van der Waals surface area contributed by atoms with Crippen LogP contribution in [0, 0.1) is 0 Å². The first-order valence-electron chi connectivity index (χ1n) is 5.08. The number of anilines is 1. The average molecular weight is 238 g/mol. The molecule has 0 amide bonds. The number of aromatic nitrogens is 1. The van der Waals surface area contributed by atoms with Crippen LogP contribution in [0.15, 0.2) is 24.4 Å². The van der Waals surface area contributed by atoms with Gasteiger partial charge in [0.05, 0.1) is 5.75 Å². The fourth-order valence-electron chi connectivity index (χ4n) is 1.65. The van der Waals surface area contributed by atoms with E-state index in [1.807, 2.05) is 6.07 Å². The van der Waals surface area contributed by atoms with Gasteiger partial charge >= 0.3 is 0 Å². The van der Waals surface area contributed by atoms with E-state index in [-0.39, 0.29) is 11.5 Å². The zero-order valence-corrected chi connectivity index (χ0v) is 9.84. The van der Waals surface area contributed by atoms with Crippen molar-refractivity contribution in [2.24, 2.45) is 0 Å². The van der Waals surface area contributed by atoms with Gasteiger partial charge in [0, 0.05) is 28.5 Å². The summed E-state index contributed by atoms with van der Waals surface area (Å²) in [6, 6.07) is 5.44. The molecule has 1 aromatic carbocycles. The van der Waals surface area contributed by atoms with Crippen LogP contribution in [-0.4, -0.2) is 19.2 Å². The molecule has 0 radical (unpaired) electrons. The summed E-state index contributed by atoms with van der Waals surface area (Å²) in [4.78, 5) is 3.04. The van der Waals surface area contributed by atoms with Crippen LogP contribution in [0.4, 0.5) is 5.69 Å². The topological polar surface area (TPSA) is 76.0 Å². The summed E-state index contributed by atoms with van der Waals surface area (Å²) in [6.07, 6.45) is 1.73. The van der Waals surface area contributed by atoms with Gasteiger partial charge in [-0.3, -0.25) is 0 Å². The SMILES string of the molecule is CCS(=O)(=O)Cc1c[nH]c2ccc(N)cc12. The van der Waals surface area contributed by atoms with Gasteiger partial charge in [-0.1, -0.05) is 6.92 Å². The van der Waals surface area contributed by atoms with Crippen molar-refractivity contribution in [2.75, 3.05) is 11.5 Å². The lowest BCUT2D eigenvalue weighted by Crippen LogP contribution is -2.06. The Hall–Kier alpha value is -1.49. The minimum absolute atomic E-state index is 0.0625. The molecule has 3 N–H and O–H groups in total. The summed E-state index contributed by atoms with van der Waals surface area (Å²) in [5.74, 6) is 0.217. The first-order valence-corrected chi connectivity index (χ1v) is 6.90. The third-order valence-corrected chi connectivity index (χ3v) is 4.24. The van der Waals surface area contributed by atoms with E-state index < -0.39 is 9.84 Å². The van der Waals surface area contributed by atoms with E-state index in [0.29, 0.717) is 5.69 Å². The molecule has 1 heterocycles. The molecule has 0 bridgehead atoms. The zero-order chi connectivity index (χ0) is 11.8. The first kappa shape index (κ1) is 11.0. The predicted molar refractivity (Wildman–Crippen MR) is 65.9 cm³/mol. The third-order valence-electron chi connectivity index (χ3n) is 2.61.